The molecule has 0 saturated heterocycles. The van der Waals surface area contributed by atoms with Gasteiger partial charge in [-0.3, -0.25) is 14.2 Å². The summed E-state index contributed by atoms with van der Waals surface area (Å²) in [5.41, 5.74) is 3.05. The maximum Gasteiger partial charge on any atom is 0.272 e. The molecule has 0 radical (unpaired) electrons. The maximum absolute atomic E-state index is 13.3. The van der Waals surface area contributed by atoms with Gasteiger partial charge in [-0.2, -0.15) is 5.10 Å². The van der Waals surface area contributed by atoms with E-state index in [0.717, 1.165) is 0 Å². The average Bonchev–Trinajstić information content (AvgIpc) is 3.15. The topological polar surface area (TPSA) is 140 Å². The van der Waals surface area contributed by atoms with Crippen molar-refractivity contribution in [1.82, 2.24) is 15.1 Å². The number of carbonyl (C=O) groups is 1. The number of nitrogens with one attached hydrogen (secondary N) is 2. The molecule has 1 aromatic heterocycles. The van der Waals surface area contributed by atoms with Crippen molar-refractivity contribution in [3.8, 4) is 0 Å². The van der Waals surface area contributed by atoms with Crippen molar-refractivity contribution >= 4 is 42.9 Å². The van der Waals surface area contributed by atoms with Crippen LogP contribution >= 0.6 is 0 Å². The van der Waals surface area contributed by atoms with E-state index in [1.807, 2.05) is 6.92 Å². The Labute approximate surface area is 226 Å². The Bertz CT molecular complexity index is 1810. The number of benzene rings is 3. The molecular weight excluding hydrogens is 538 g/mol. The molecular formula is C27H25N5O5S2. The van der Waals surface area contributed by atoms with E-state index >= 15 is 0 Å². The second-order valence-corrected chi connectivity index (χ2v) is 12.4. The average molecular weight is 564 g/mol. The number of aliphatic imine (C=N–C) groups is 1. The van der Waals surface area contributed by atoms with Gasteiger partial charge in [0.1, 0.15) is 10.6 Å². The zero-order valence-electron chi connectivity index (χ0n) is 21.1. The van der Waals surface area contributed by atoms with Gasteiger partial charge in [0.25, 0.3) is 15.9 Å². The highest BCUT2D eigenvalue weighted by molar-refractivity contribution is 7.95. The van der Waals surface area contributed by atoms with Crippen LogP contribution in [0.15, 0.2) is 98.5 Å². The van der Waals surface area contributed by atoms with Crippen LogP contribution in [0.4, 0.5) is 11.4 Å². The number of anilines is 1. The molecule has 39 heavy (non-hydrogen) atoms. The summed E-state index contributed by atoms with van der Waals surface area (Å²) in [4.78, 5) is 16.7. The molecule has 0 fully saturated rings. The smallest absolute Gasteiger partial charge is 0.272 e. The summed E-state index contributed by atoms with van der Waals surface area (Å²) in [6.45, 7) is 4.40. The molecule has 0 unspecified atom stereocenters. The van der Waals surface area contributed by atoms with Crippen molar-refractivity contribution in [2.24, 2.45) is 4.99 Å². The van der Waals surface area contributed by atoms with Crippen LogP contribution in [0.2, 0.25) is 0 Å². The van der Waals surface area contributed by atoms with E-state index in [9.17, 15) is 21.6 Å². The molecule has 4 aromatic rings. The van der Waals surface area contributed by atoms with Gasteiger partial charge in [0.15, 0.2) is 5.69 Å². The number of sulfone groups is 1. The molecule has 5 rings (SSSR count). The Balaban J connectivity index is 1.44. The zero-order valence-corrected chi connectivity index (χ0v) is 22.8. The summed E-state index contributed by atoms with van der Waals surface area (Å²) in [7, 11) is -8.34. The second-order valence-electron chi connectivity index (χ2n) is 8.79. The van der Waals surface area contributed by atoms with E-state index in [-0.39, 0.29) is 32.8 Å². The predicted octanol–water partition coefficient (Wildman–Crippen LogP) is 3.71. The molecule has 10 nitrogen and oxygen atoms in total. The van der Waals surface area contributed by atoms with Gasteiger partial charge in [0.2, 0.25) is 9.84 Å². The van der Waals surface area contributed by atoms with Crippen molar-refractivity contribution in [3.63, 3.8) is 0 Å². The van der Waals surface area contributed by atoms with E-state index in [1.54, 1.807) is 54.1 Å². The number of fused-ring (bicyclic) bond motifs is 1. The van der Waals surface area contributed by atoms with Crippen LogP contribution in [0.5, 0.6) is 0 Å². The Morgan fingerprint density at radius 3 is 2.21 bits per heavy atom. The number of aryl methyl sites for hydroxylation is 2. The lowest BCUT2D eigenvalue weighted by Gasteiger charge is -2.13. The van der Waals surface area contributed by atoms with E-state index in [2.05, 4.69) is 15.1 Å². The fourth-order valence-corrected chi connectivity index (χ4v) is 7.48. The largest absolute Gasteiger partial charge is 0.345 e. The molecule has 12 heteroatoms. The summed E-state index contributed by atoms with van der Waals surface area (Å²) in [5.74, 6) is -0.264. The van der Waals surface area contributed by atoms with Gasteiger partial charge in [0.05, 0.1) is 27.7 Å². The quantitative estimate of drug-likeness (QED) is 0.351. The Hall–Kier alpha value is -4.29. The molecule has 2 N–H and O–H groups in total. The molecule has 0 atom stereocenters. The van der Waals surface area contributed by atoms with Crippen molar-refractivity contribution in [2.45, 2.75) is 35.1 Å². The van der Waals surface area contributed by atoms with Gasteiger partial charge < -0.3 is 5.32 Å². The normalized spacial score (nSPS) is 13.7. The number of sulfonamides is 1. The van der Waals surface area contributed by atoms with Crippen LogP contribution in [0.1, 0.15) is 28.7 Å². The molecule has 200 valence electrons. The summed E-state index contributed by atoms with van der Waals surface area (Å²) in [5, 5.41) is 7.23. The van der Waals surface area contributed by atoms with Crippen LogP contribution < -0.4 is 10.0 Å². The number of aromatic nitrogens is 2. The standard InChI is InChI=1S/C27H25N5O5S2/c1-3-32-26-25(18(2)30-32)29-22(17-28-27(26)33)19-13-15-20(16-14-19)31-39(36,37)24-12-8-7-11-23(24)38(34,35)21-9-5-4-6-10-21/h4-16,31H,3,17H2,1-2H3,(H,28,33). The number of rotatable bonds is 7. The molecule has 1 amide bonds. The molecule has 0 spiro atoms. The highest BCUT2D eigenvalue weighted by Crippen LogP contribution is 2.29. The lowest BCUT2D eigenvalue weighted by Crippen LogP contribution is -2.29. The number of hydrogen-bond donors (Lipinski definition) is 2. The van der Waals surface area contributed by atoms with Gasteiger partial charge in [-0.25, -0.2) is 21.8 Å². The lowest BCUT2D eigenvalue weighted by molar-refractivity contribution is 0.0950. The second kappa shape index (κ2) is 10.1. The first kappa shape index (κ1) is 26.3. The van der Waals surface area contributed by atoms with Crippen LogP contribution in [-0.2, 0) is 26.4 Å². The third-order valence-electron chi connectivity index (χ3n) is 6.23. The molecule has 0 aliphatic carbocycles. The van der Waals surface area contributed by atoms with Crippen molar-refractivity contribution in [3.05, 3.63) is 95.8 Å². The molecule has 1 aliphatic heterocycles. The van der Waals surface area contributed by atoms with E-state index < -0.39 is 19.9 Å². The number of amides is 1. The van der Waals surface area contributed by atoms with Gasteiger partial charge in [-0.15, -0.1) is 0 Å². The molecule has 1 aliphatic rings. The maximum atomic E-state index is 13.3. The monoisotopic (exact) mass is 563 g/mol. The molecule has 0 saturated carbocycles. The van der Waals surface area contributed by atoms with Crippen molar-refractivity contribution in [2.75, 3.05) is 11.3 Å². The van der Waals surface area contributed by atoms with Crippen LogP contribution in [0.3, 0.4) is 0 Å². The van der Waals surface area contributed by atoms with Crippen LogP contribution in [0.25, 0.3) is 0 Å². The number of hydrogen-bond acceptors (Lipinski definition) is 7. The minimum Gasteiger partial charge on any atom is -0.345 e. The minimum absolute atomic E-state index is 0.00357. The summed E-state index contributed by atoms with van der Waals surface area (Å²) in [6.07, 6.45) is 0. The third-order valence-corrected chi connectivity index (χ3v) is 9.62. The van der Waals surface area contributed by atoms with E-state index in [4.69, 9.17) is 4.99 Å². The summed E-state index contributed by atoms with van der Waals surface area (Å²) < 4.78 is 57.1. The molecule has 2 heterocycles. The van der Waals surface area contributed by atoms with Gasteiger partial charge >= 0.3 is 0 Å². The van der Waals surface area contributed by atoms with Crippen LogP contribution in [-0.4, -0.2) is 44.8 Å². The summed E-state index contributed by atoms with van der Waals surface area (Å²) in [6, 6.07) is 19.6. The van der Waals surface area contributed by atoms with E-state index in [0.29, 0.717) is 34.9 Å². The fraction of sp³-hybridized carbons (Fsp3) is 0.148. The Morgan fingerprint density at radius 2 is 1.54 bits per heavy atom. The first-order valence-electron chi connectivity index (χ1n) is 12.1. The third kappa shape index (κ3) is 4.95. The van der Waals surface area contributed by atoms with Gasteiger partial charge in [-0.1, -0.05) is 42.5 Å². The number of carbonyl (C=O) groups excluding carboxylic acids is 1. The first-order valence-corrected chi connectivity index (χ1v) is 15.0. The molecule has 0 bridgehead atoms. The number of nitrogens with zero attached hydrogens (tertiary/aromatic N) is 3. The molecule has 3 aromatic carbocycles. The Morgan fingerprint density at radius 1 is 0.897 bits per heavy atom. The highest BCUT2D eigenvalue weighted by Gasteiger charge is 2.28. The van der Waals surface area contributed by atoms with Crippen molar-refractivity contribution < 1.29 is 21.6 Å². The lowest BCUT2D eigenvalue weighted by atomic mass is 10.1. The predicted molar refractivity (Wildman–Crippen MR) is 147 cm³/mol. The Kier molecular flexibility index (Phi) is 6.83. The highest BCUT2D eigenvalue weighted by atomic mass is 32.2. The zero-order chi connectivity index (χ0) is 27.8. The first-order chi connectivity index (χ1) is 18.6. The SMILES string of the molecule is CCn1nc(C)c2c1C(=O)NCC(c1ccc(NS(=O)(=O)c3ccccc3S(=O)(=O)c3ccccc3)cc1)=N2. The van der Waals surface area contributed by atoms with Crippen molar-refractivity contribution in [1.29, 1.82) is 0 Å². The van der Waals surface area contributed by atoms with E-state index in [1.165, 1.54) is 36.4 Å². The fourth-order valence-electron chi connectivity index (χ4n) is 4.31. The summed E-state index contributed by atoms with van der Waals surface area (Å²) >= 11 is 0. The van der Waals surface area contributed by atoms with Crippen LogP contribution in [0, 0.1) is 6.92 Å². The van der Waals surface area contributed by atoms with Gasteiger partial charge in [0, 0.05) is 12.2 Å². The minimum atomic E-state index is -4.26. The van der Waals surface area contributed by atoms with Gasteiger partial charge in [-0.05, 0) is 55.8 Å².